The standard InChI is InChI=1S/C26H22N2O3S2/c1-19(29)17-27-20-11-7-9-13-22(20)32-24(27)15-5-3-2-4-6-16-25-28(18-26(30)31)21-12-8-10-14-23(21)33-25/h2-16H,1,17-18H2,(H-,29,30,31)/p+1. The first-order valence-corrected chi connectivity index (χ1v) is 11.9. The summed E-state index contributed by atoms with van der Waals surface area (Å²) in [7, 11) is 0. The predicted molar refractivity (Wildman–Crippen MR) is 136 cm³/mol. The molecule has 0 spiro atoms. The number of hydrogen-bond donors (Lipinski definition) is 2. The average Bonchev–Trinajstić information content (AvgIpc) is 3.30. The molecule has 0 aliphatic carbocycles. The molecule has 2 N–H and O–H groups in total. The molecule has 33 heavy (non-hydrogen) atoms. The number of fused-ring (bicyclic) bond motifs is 2. The van der Waals surface area contributed by atoms with Crippen LogP contribution in [0.25, 0.3) is 16.3 Å². The van der Waals surface area contributed by atoms with E-state index in [0.717, 1.165) is 30.8 Å². The number of aliphatic carboxylic acids is 1. The van der Waals surface area contributed by atoms with Gasteiger partial charge in [-0.05, 0) is 24.3 Å². The number of allylic oxidation sites excluding steroid dienone is 7. The van der Waals surface area contributed by atoms with Crippen molar-refractivity contribution in [2.75, 3.05) is 11.4 Å². The molecule has 0 bridgehead atoms. The monoisotopic (exact) mass is 475 g/mol. The van der Waals surface area contributed by atoms with Gasteiger partial charge >= 0.3 is 5.97 Å². The van der Waals surface area contributed by atoms with E-state index in [1.54, 1.807) is 23.1 Å². The van der Waals surface area contributed by atoms with E-state index in [2.05, 4.69) is 12.6 Å². The number of aliphatic hydroxyl groups excluding tert-OH is 1. The largest absolute Gasteiger partial charge is 0.506 e. The van der Waals surface area contributed by atoms with Crippen LogP contribution in [0.3, 0.4) is 0 Å². The Morgan fingerprint density at radius 2 is 1.73 bits per heavy atom. The molecule has 0 saturated carbocycles. The first kappa shape index (κ1) is 22.6. The van der Waals surface area contributed by atoms with Gasteiger partial charge in [0.15, 0.2) is 5.76 Å². The molecule has 0 amide bonds. The van der Waals surface area contributed by atoms with Crippen molar-refractivity contribution >= 4 is 51.0 Å². The van der Waals surface area contributed by atoms with Crippen molar-refractivity contribution in [1.82, 2.24) is 0 Å². The van der Waals surface area contributed by atoms with Gasteiger partial charge in [-0.3, -0.25) is 4.79 Å². The molecule has 1 aliphatic heterocycles. The summed E-state index contributed by atoms with van der Waals surface area (Å²) in [6.45, 7) is 3.91. The number of carboxylic acids is 1. The molecule has 0 fully saturated rings. The van der Waals surface area contributed by atoms with Gasteiger partial charge in [-0.15, -0.1) is 0 Å². The number of benzene rings is 2. The molecule has 3 aromatic rings. The number of nitrogens with zero attached hydrogens (tertiary/aromatic N) is 2. The maximum atomic E-state index is 11.3. The topological polar surface area (TPSA) is 64.7 Å². The molecule has 2 heterocycles. The number of para-hydroxylation sites is 2. The maximum Gasteiger partial charge on any atom is 0.323 e. The van der Waals surface area contributed by atoms with E-state index in [1.807, 2.05) is 94.5 Å². The van der Waals surface area contributed by atoms with Crippen LogP contribution in [0.1, 0.15) is 5.01 Å². The van der Waals surface area contributed by atoms with Gasteiger partial charge in [-0.2, -0.15) is 4.57 Å². The Hall–Kier alpha value is -3.55. The number of aromatic nitrogens is 1. The molecule has 0 radical (unpaired) electrons. The molecule has 0 saturated heterocycles. The van der Waals surface area contributed by atoms with E-state index in [-0.39, 0.29) is 12.3 Å². The Labute approximate surface area is 200 Å². The summed E-state index contributed by atoms with van der Waals surface area (Å²) in [6.07, 6.45) is 13.6. The van der Waals surface area contributed by atoms with E-state index in [0.29, 0.717) is 6.54 Å². The number of rotatable bonds is 8. The lowest BCUT2D eigenvalue weighted by Crippen LogP contribution is -2.35. The summed E-state index contributed by atoms with van der Waals surface area (Å²) < 4.78 is 3.19. The highest BCUT2D eigenvalue weighted by atomic mass is 32.2. The van der Waals surface area contributed by atoms with Gasteiger partial charge in [0, 0.05) is 17.0 Å². The van der Waals surface area contributed by atoms with Gasteiger partial charge in [-0.25, -0.2) is 0 Å². The van der Waals surface area contributed by atoms with Gasteiger partial charge in [0.2, 0.25) is 12.1 Å². The van der Waals surface area contributed by atoms with Crippen molar-refractivity contribution in [2.24, 2.45) is 0 Å². The second-order valence-corrected chi connectivity index (χ2v) is 9.37. The Morgan fingerprint density at radius 1 is 1.00 bits per heavy atom. The summed E-state index contributed by atoms with van der Waals surface area (Å²) in [4.78, 5) is 14.1. The predicted octanol–water partition coefficient (Wildman–Crippen LogP) is 5.92. The van der Waals surface area contributed by atoms with Crippen LogP contribution in [0.5, 0.6) is 0 Å². The average molecular weight is 476 g/mol. The Balaban J connectivity index is 1.45. The van der Waals surface area contributed by atoms with Crippen molar-refractivity contribution in [2.45, 2.75) is 11.4 Å². The summed E-state index contributed by atoms with van der Waals surface area (Å²) in [5.74, 6) is -0.746. The third-order valence-corrected chi connectivity index (χ3v) is 7.09. The first-order chi connectivity index (χ1) is 16.0. The van der Waals surface area contributed by atoms with Crippen molar-refractivity contribution in [3.05, 3.63) is 107 Å². The Kier molecular flexibility index (Phi) is 7.12. The highest BCUT2D eigenvalue weighted by Gasteiger charge is 2.25. The number of aliphatic hydroxyl groups is 1. The quantitative estimate of drug-likeness (QED) is 0.240. The molecule has 1 aromatic heterocycles. The molecule has 4 rings (SSSR count). The van der Waals surface area contributed by atoms with Gasteiger partial charge < -0.3 is 15.1 Å². The van der Waals surface area contributed by atoms with E-state index in [9.17, 15) is 15.0 Å². The van der Waals surface area contributed by atoms with E-state index in [1.165, 1.54) is 0 Å². The highest BCUT2D eigenvalue weighted by molar-refractivity contribution is 8.03. The number of carboxylic acid groups (broad SMARTS) is 1. The van der Waals surface area contributed by atoms with Crippen molar-refractivity contribution in [3.8, 4) is 0 Å². The molecule has 1 aliphatic rings. The van der Waals surface area contributed by atoms with Crippen molar-refractivity contribution in [3.63, 3.8) is 0 Å². The first-order valence-electron chi connectivity index (χ1n) is 10.3. The van der Waals surface area contributed by atoms with Crippen molar-refractivity contribution in [1.29, 1.82) is 0 Å². The van der Waals surface area contributed by atoms with Crippen LogP contribution in [0.4, 0.5) is 5.69 Å². The second kappa shape index (κ2) is 10.4. The van der Waals surface area contributed by atoms with Crippen LogP contribution in [-0.2, 0) is 11.3 Å². The third-order valence-electron chi connectivity index (χ3n) is 4.83. The third kappa shape index (κ3) is 5.45. The van der Waals surface area contributed by atoms with E-state index < -0.39 is 5.97 Å². The zero-order valence-electron chi connectivity index (χ0n) is 17.8. The molecule has 166 valence electrons. The molecule has 0 atom stereocenters. The number of carbonyl (C=O) groups is 1. The minimum atomic E-state index is -0.865. The molecular weight excluding hydrogens is 452 g/mol. The van der Waals surface area contributed by atoms with E-state index in [4.69, 9.17) is 0 Å². The van der Waals surface area contributed by atoms with Gasteiger partial charge in [0.1, 0.15) is 11.2 Å². The lowest BCUT2D eigenvalue weighted by molar-refractivity contribution is -0.663. The van der Waals surface area contributed by atoms with Crippen LogP contribution < -0.4 is 9.47 Å². The van der Waals surface area contributed by atoms with Crippen LogP contribution in [-0.4, -0.2) is 22.7 Å². The fourth-order valence-corrected chi connectivity index (χ4v) is 5.61. The zero-order valence-corrected chi connectivity index (χ0v) is 19.4. The van der Waals surface area contributed by atoms with Crippen molar-refractivity contribution < 1.29 is 19.6 Å². The lowest BCUT2D eigenvalue weighted by Gasteiger charge is -2.17. The molecule has 0 unspecified atom stereocenters. The Morgan fingerprint density at radius 3 is 2.55 bits per heavy atom. The minimum absolute atomic E-state index is 0.0717. The molecular formula is C26H23N2O3S2+. The lowest BCUT2D eigenvalue weighted by atomic mass is 10.3. The minimum Gasteiger partial charge on any atom is -0.506 e. The van der Waals surface area contributed by atoms with Crippen LogP contribution in [0, 0.1) is 0 Å². The number of hydrogen-bond acceptors (Lipinski definition) is 5. The van der Waals surface area contributed by atoms with Crippen LogP contribution in [0.15, 0.2) is 107 Å². The fourth-order valence-electron chi connectivity index (χ4n) is 3.47. The van der Waals surface area contributed by atoms with Crippen LogP contribution in [0.2, 0.25) is 0 Å². The molecule has 5 nitrogen and oxygen atoms in total. The summed E-state index contributed by atoms with van der Waals surface area (Å²) >= 11 is 3.22. The van der Waals surface area contributed by atoms with Gasteiger partial charge in [0.05, 0.1) is 10.7 Å². The number of anilines is 1. The van der Waals surface area contributed by atoms with Gasteiger partial charge in [0.25, 0.3) is 5.01 Å². The second-order valence-electron chi connectivity index (χ2n) is 7.24. The Bertz CT molecular complexity index is 1320. The van der Waals surface area contributed by atoms with E-state index >= 15 is 0 Å². The number of thioether (sulfide) groups is 1. The molecule has 7 heteroatoms. The summed E-state index contributed by atoms with van der Waals surface area (Å²) in [5.41, 5.74) is 1.99. The van der Waals surface area contributed by atoms with Gasteiger partial charge in [-0.1, -0.05) is 84.3 Å². The normalized spacial score (nSPS) is 14.9. The smallest absolute Gasteiger partial charge is 0.323 e. The zero-order chi connectivity index (χ0) is 23.2. The molecule has 2 aromatic carbocycles. The highest BCUT2D eigenvalue weighted by Crippen LogP contribution is 2.45. The fraction of sp³-hybridized carbons (Fsp3) is 0.0769. The van der Waals surface area contributed by atoms with Crippen LogP contribution >= 0.6 is 23.1 Å². The summed E-state index contributed by atoms with van der Waals surface area (Å²) in [5, 5.41) is 20.9. The number of thiazole rings is 1. The maximum absolute atomic E-state index is 11.3. The SMILES string of the molecule is C=C(O)C[n+]1c(/C=C/C=C/C=C/C=C2/Sc3ccccc3N2CC(=O)O)sc2ccccc21. The summed E-state index contributed by atoms with van der Waals surface area (Å²) in [6, 6.07) is 15.9.